The van der Waals surface area contributed by atoms with Gasteiger partial charge in [-0.25, -0.2) is 0 Å². The first-order valence-electron chi connectivity index (χ1n) is 5.44. The number of hydrogen-bond donors (Lipinski definition) is 3. The van der Waals surface area contributed by atoms with E-state index >= 15 is 0 Å². The van der Waals surface area contributed by atoms with Crippen molar-refractivity contribution in [2.45, 2.75) is 12.8 Å². The molecule has 0 saturated carbocycles. The van der Waals surface area contributed by atoms with Gasteiger partial charge < -0.3 is 20.5 Å². The van der Waals surface area contributed by atoms with Gasteiger partial charge in [0.05, 0.1) is 6.61 Å². The van der Waals surface area contributed by atoms with Gasteiger partial charge in [0.25, 0.3) is 5.91 Å². The molecule has 0 aromatic rings. The lowest BCUT2D eigenvalue weighted by molar-refractivity contribution is -0.137. The summed E-state index contributed by atoms with van der Waals surface area (Å²) in [5.74, 6) is -1.44. The van der Waals surface area contributed by atoms with E-state index in [1.54, 1.807) is 13.2 Å². The van der Waals surface area contributed by atoms with Crippen molar-refractivity contribution in [2.24, 2.45) is 0 Å². The van der Waals surface area contributed by atoms with Gasteiger partial charge in [-0.15, -0.1) is 0 Å². The Morgan fingerprint density at radius 3 is 2.72 bits per heavy atom. The zero-order chi connectivity index (χ0) is 13.8. The van der Waals surface area contributed by atoms with Crippen LogP contribution in [0, 0.1) is 11.3 Å². The summed E-state index contributed by atoms with van der Waals surface area (Å²) >= 11 is 0. The Balaban J connectivity index is 3.96. The van der Waals surface area contributed by atoms with Crippen LogP contribution < -0.4 is 10.6 Å². The van der Waals surface area contributed by atoms with Crippen molar-refractivity contribution < 1.29 is 19.4 Å². The highest BCUT2D eigenvalue weighted by Gasteiger charge is 2.07. The lowest BCUT2D eigenvalue weighted by Gasteiger charge is -2.04. The Labute approximate surface area is 105 Å². The largest absolute Gasteiger partial charge is 0.481 e. The quantitative estimate of drug-likeness (QED) is 0.294. The Bertz CT molecular complexity index is 347. The number of aliphatic carboxylic acids is 1. The zero-order valence-corrected chi connectivity index (χ0v) is 10.2. The molecule has 7 heteroatoms. The molecular formula is C11H17N3O4. The number of methoxy groups -OCH3 is 1. The minimum Gasteiger partial charge on any atom is -0.481 e. The van der Waals surface area contributed by atoms with E-state index in [2.05, 4.69) is 10.6 Å². The number of amides is 1. The van der Waals surface area contributed by atoms with E-state index in [0.717, 1.165) is 0 Å². The predicted molar refractivity (Wildman–Crippen MR) is 63.5 cm³/mol. The van der Waals surface area contributed by atoms with Crippen molar-refractivity contribution in [3.05, 3.63) is 11.8 Å². The third kappa shape index (κ3) is 8.13. The van der Waals surface area contributed by atoms with Crippen LogP contribution >= 0.6 is 0 Å². The first-order chi connectivity index (χ1) is 8.61. The average molecular weight is 255 g/mol. The lowest BCUT2D eigenvalue weighted by Crippen LogP contribution is -2.27. The first kappa shape index (κ1) is 15.9. The number of ether oxygens (including phenoxy) is 1. The highest BCUT2D eigenvalue weighted by atomic mass is 16.5. The fourth-order valence-corrected chi connectivity index (χ4v) is 1.02. The van der Waals surface area contributed by atoms with Gasteiger partial charge in [0.15, 0.2) is 0 Å². The Morgan fingerprint density at radius 2 is 2.17 bits per heavy atom. The van der Waals surface area contributed by atoms with E-state index in [0.29, 0.717) is 19.6 Å². The third-order valence-electron chi connectivity index (χ3n) is 1.91. The molecule has 0 unspecified atom stereocenters. The molecule has 100 valence electrons. The van der Waals surface area contributed by atoms with Crippen molar-refractivity contribution in [3.63, 3.8) is 0 Å². The number of nitrogens with one attached hydrogen (secondary N) is 2. The summed E-state index contributed by atoms with van der Waals surface area (Å²) < 4.78 is 4.79. The average Bonchev–Trinajstić information content (AvgIpc) is 2.34. The molecule has 0 bridgehead atoms. The maximum absolute atomic E-state index is 11.5. The molecule has 0 aromatic carbocycles. The van der Waals surface area contributed by atoms with Crippen molar-refractivity contribution in [3.8, 4) is 6.07 Å². The van der Waals surface area contributed by atoms with Crippen molar-refractivity contribution in [1.82, 2.24) is 10.6 Å². The maximum Gasteiger partial charge on any atom is 0.303 e. The van der Waals surface area contributed by atoms with Crippen LogP contribution in [-0.4, -0.2) is 43.8 Å². The summed E-state index contributed by atoms with van der Waals surface area (Å²) in [5.41, 5.74) is -0.0542. The van der Waals surface area contributed by atoms with E-state index in [1.165, 1.54) is 6.20 Å². The second-order valence-corrected chi connectivity index (χ2v) is 3.37. The monoisotopic (exact) mass is 255 g/mol. The SMILES string of the molecule is COCCN/C=C(/C#N)C(=O)NCCCC(=O)O. The first-order valence-corrected chi connectivity index (χ1v) is 5.44. The highest BCUT2D eigenvalue weighted by molar-refractivity contribution is 5.97. The number of carbonyl (C=O) groups excluding carboxylic acids is 1. The van der Waals surface area contributed by atoms with Gasteiger partial charge in [0.1, 0.15) is 11.6 Å². The number of carbonyl (C=O) groups is 2. The minimum absolute atomic E-state index is 0.0159. The second kappa shape index (κ2) is 10.1. The molecule has 1 amide bonds. The molecule has 0 saturated heterocycles. The minimum atomic E-state index is -0.915. The van der Waals surface area contributed by atoms with Crippen LogP contribution in [-0.2, 0) is 14.3 Å². The molecule has 7 nitrogen and oxygen atoms in total. The number of carboxylic acids is 1. The van der Waals surface area contributed by atoms with Crippen molar-refractivity contribution >= 4 is 11.9 Å². The van der Waals surface area contributed by atoms with Gasteiger partial charge in [-0.1, -0.05) is 0 Å². The summed E-state index contributed by atoms with van der Waals surface area (Å²) in [7, 11) is 1.55. The van der Waals surface area contributed by atoms with Crippen LogP contribution in [0.5, 0.6) is 0 Å². The van der Waals surface area contributed by atoms with Crippen LogP contribution in [0.3, 0.4) is 0 Å². The van der Waals surface area contributed by atoms with Crippen molar-refractivity contribution in [2.75, 3.05) is 26.8 Å². The summed E-state index contributed by atoms with van der Waals surface area (Å²) in [5, 5.41) is 22.4. The topological polar surface area (TPSA) is 111 Å². The molecule has 0 heterocycles. The Kier molecular flexibility index (Phi) is 8.95. The zero-order valence-electron chi connectivity index (χ0n) is 10.2. The van der Waals surface area contributed by atoms with Crippen LogP contribution in [0.4, 0.5) is 0 Å². The Morgan fingerprint density at radius 1 is 1.44 bits per heavy atom. The van der Waals surface area contributed by atoms with Crippen LogP contribution in [0.1, 0.15) is 12.8 Å². The number of carboxylic acid groups (broad SMARTS) is 1. The predicted octanol–water partition coefficient (Wildman–Crippen LogP) is -0.389. The van der Waals surface area contributed by atoms with E-state index < -0.39 is 11.9 Å². The molecule has 0 aliphatic carbocycles. The number of nitrogens with zero attached hydrogens (tertiary/aromatic N) is 1. The van der Waals surface area contributed by atoms with Crippen LogP contribution in [0.15, 0.2) is 11.8 Å². The van der Waals surface area contributed by atoms with Gasteiger partial charge in [0, 0.05) is 32.8 Å². The van der Waals surface area contributed by atoms with E-state index in [-0.39, 0.29) is 18.5 Å². The molecule has 0 rings (SSSR count). The van der Waals surface area contributed by atoms with Crippen LogP contribution in [0.25, 0.3) is 0 Å². The molecule has 18 heavy (non-hydrogen) atoms. The summed E-state index contributed by atoms with van der Waals surface area (Å²) in [4.78, 5) is 21.7. The van der Waals surface area contributed by atoms with E-state index in [9.17, 15) is 9.59 Å². The number of hydrogen-bond acceptors (Lipinski definition) is 5. The molecule has 3 N–H and O–H groups in total. The molecule has 0 atom stereocenters. The van der Waals surface area contributed by atoms with Gasteiger partial charge in [-0.05, 0) is 6.42 Å². The normalized spacial score (nSPS) is 10.6. The van der Waals surface area contributed by atoms with E-state index in [1.807, 2.05) is 0 Å². The summed E-state index contributed by atoms with van der Waals surface area (Å²) in [6, 6.07) is 1.76. The number of nitriles is 1. The fourth-order valence-electron chi connectivity index (χ4n) is 1.02. The third-order valence-corrected chi connectivity index (χ3v) is 1.91. The second-order valence-electron chi connectivity index (χ2n) is 3.37. The molecule has 0 radical (unpaired) electrons. The van der Waals surface area contributed by atoms with Gasteiger partial charge in [0.2, 0.25) is 0 Å². The molecule has 0 aromatic heterocycles. The standard InChI is InChI=1S/C11H17N3O4/c1-18-6-5-13-8-9(7-12)11(17)14-4-2-3-10(15)16/h8,13H,2-6H2,1H3,(H,14,17)(H,15,16)/b9-8-. The lowest BCUT2D eigenvalue weighted by atomic mass is 10.2. The molecular weight excluding hydrogens is 238 g/mol. The fraction of sp³-hybridized carbons (Fsp3) is 0.545. The molecule has 0 aliphatic heterocycles. The smallest absolute Gasteiger partial charge is 0.303 e. The number of rotatable bonds is 9. The summed E-state index contributed by atoms with van der Waals surface area (Å²) in [6.45, 7) is 1.19. The van der Waals surface area contributed by atoms with Gasteiger partial charge in [-0.2, -0.15) is 5.26 Å². The molecule has 0 aliphatic rings. The van der Waals surface area contributed by atoms with Crippen LogP contribution in [0.2, 0.25) is 0 Å². The van der Waals surface area contributed by atoms with E-state index in [4.69, 9.17) is 15.1 Å². The van der Waals surface area contributed by atoms with Gasteiger partial charge in [-0.3, -0.25) is 9.59 Å². The summed E-state index contributed by atoms with van der Waals surface area (Å²) in [6.07, 6.45) is 1.63. The highest BCUT2D eigenvalue weighted by Crippen LogP contribution is 1.92. The molecule has 0 fully saturated rings. The Hall–Kier alpha value is -2.07. The maximum atomic E-state index is 11.5. The molecule has 0 spiro atoms. The van der Waals surface area contributed by atoms with Gasteiger partial charge >= 0.3 is 5.97 Å². The van der Waals surface area contributed by atoms with Crippen molar-refractivity contribution in [1.29, 1.82) is 5.26 Å².